The Morgan fingerprint density at radius 3 is 2.67 bits per heavy atom. The Morgan fingerprint density at radius 1 is 1.12 bits per heavy atom. The van der Waals surface area contributed by atoms with Gasteiger partial charge in [-0.1, -0.05) is 0 Å². The second-order valence-electron chi connectivity index (χ2n) is 11.9. The average molecular weight is 546 g/mol. The van der Waals surface area contributed by atoms with Crippen LogP contribution in [0.25, 0.3) is 27.9 Å². The summed E-state index contributed by atoms with van der Waals surface area (Å²) in [6.07, 6.45) is 4.68. The molecule has 7 rings (SSSR count). The minimum atomic E-state index is -1.10. The monoisotopic (exact) mass is 545 g/mol. The van der Waals surface area contributed by atoms with Crippen molar-refractivity contribution >= 4 is 28.3 Å². The molecule has 2 aliphatic heterocycles. The number of aryl methyl sites for hydroxylation is 1. The summed E-state index contributed by atoms with van der Waals surface area (Å²) in [6.45, 7) is 4.99. The van der Waals surface area contributed by atoms with Crippen molar-refractivity contribution < 1.29 is 14.3 Å². The molecule has 0 spiro atoms. The van der Waals surface area contributed by atoms with Crippen molar-refractivity contribution in [3.8, 4) is 11.4 Å². The molecule has 0 unspecified atom stereocenters. The second kappa shape index (κ2) is 9.85. The van der Waals surface area contributed by atoms with Gasteiger partial charge in [-0.2, -0.15) is 5.10 Å². The van der Waals surface area contributed by atoms with Crippen LogP contribution in [0.2, 0.25) is 0 Å². The fourth-order valence-corrected chi connectivity index (χ4v) is 6.29. The summed E-state index contributed by atoms with van der Waals surface area (Å²) < 4.78 is 18.2. The van der Waals surface area contributed by atoms with Gasteiger partial charge in [-0.3, -0.25) is 4.79 Å². The molecule has 6 heterocycles. The SMILES string of the molecule is Cc1c(-c2cc3ccc(N4CCC(O)CC4)nc3n2CC2CC2)nn2cc(C(=O)N3C[C@H](N)C[C@@H](F)C3)ccc12. The van der Waals surface area contributed by atoms with E-state index in [2.05, 4.69) is 34.6 Å². The molecule has 40 heavy (non-hydrogen) atoms. The van der Waals surface area contributed by atoms with Crippen LogP contribution >= 0.6 is 0 Å². The van der Waals surface area contributed by atoms with Crippen molar-refractivity contribution in [3.63, 3.8) is 0 Å². The lowest BCUT2D eigenvalue weighted by Crippen LogP contribution is -2.50. The zero-order valence-electron chi connectivity index (χ0n) is 22.8. The minimum Gasteiger partial charge on any atom is -0.393 e. The van der Waals surface area contributed by atoms with E-state index in [0.717, 1.165) is 71.8 Å². The van der Waals surface area contributed by atoms with Crippen molar-refractivity contribution in [1.82, 2.24) is 24.1 Å². The molecular formula is C30H36FN7O2. The predicted octanol–water partition coefficient (Wildman–Crippen LogP) is 3.54. The summed E-state index contributed by atoms with van der Waals surface area (Å²) in [6, 6.07) is 9.76. The smallest absolute Gasteiger partial charge is 0.255 e. The third-order valence-corrected chi connectivity index (χ3v) is 8.74. The number of pyridine rings is 2. The molecule has 2 saturated heterocycles. The third-order valence-electron chi connectivity index (χ3n) is 8.74. The number of alkyl halides is 1. The van der Waals surface area contributed by atoms with Crippen molar-refractivity contribution in [2.24, 2.45) is 11.7 Å². The minimum absolute atomic E-state index is 0.0717. The molecule has 1 saturated carbocycles. The summed E-state index contributed by atoms with van der Waals surface area (Å²) in [5.74, 6) is 1.37. The predicted molar refractivity (Wildman–Crippen MR) is 152 cm³/mol. The molecule has 4 aromatic heterocycles. The van der Waals surface area contributed by atoms with Crippen LogP contribution in [0, 0.1) is 12.8 Å². The summed E-state index contributed by atoms with van der Waals surface area (Å²) in [5, 5.41) is 16.0. The first-order valence-corrected chi connectivity index (χ1v) is 14.5. The molecule has 0 bridgehead atoms. The van der Waals surface area contributed by atoms with Crippen LogP contribution in [0.4, 0.5) is 10.2 Å². The number of nitrogens with two attached hydrogens (primary N) is 1. The van der Waals surface area contributed by atoms with Gasteiger partial charge >= 0.3 is 0 Å². The highest BCUT2D eigenvalue weighted by atomic mass is 19.1. The number of hydrogen-bond donors (Lipinski definition) is 2. The molecule has 0 radical (unpaired) electrons. The molecule has 9 nitrogen and oxygen atoms in total. The van der Waals surface area contributed by atoms with Crippen LogP contribution < -0.4 is 10.6 Å². The number of aromatic nitrogens is 4. The van der Waals surface area contributed by atoms with E-state index in [1.807, 2.05) is 6.07 Å². The zero-order chi connectivity index (χ0) is 27.5. The number of nitrogens with zero attached hydrogens (tertiary/aromatic N) is 6. The number of rotatable bonds is 5. The Hall–Kier alpha value is -3.50. The highest BCUT2D eigenvalue weighted by Crippen LogP contribution is 2.37. The van der Waals surface area contributed by atoms with Crippen LogP contribution in [0.3, 0.4) is 0 Å². The number of piperidine rings is 2. The quantitative estimate of drug-likeness (QED) is 0.398. The molecule has 1 amide bonds. The highest BCUT2D eigenvalue weighted by Gasteiger charge is 2.30. The maximum absolute atomic E-state index is 14.1. The number of aliphatic hydroxyl groups excluding tert-OH is 1. The maximum atomic E-state index is 14.1. The van der Waals surface area contributed by atoms with Crippen LogP contribution in [0.5, 0.6) is 0 Å². The first kappa shape index (κ1) is 25.5. The Bertz CT molecular complexity index is 1570. The number of hydrogen-bond acceptors (Lipinski definition) is 6. The number of carbonyl (C=O) groups is 1. The summed E-state index contributed by atoms with van der Waals surface area (Å²) in [5.41, 5.74) is 11.3. The van der Waals surface area contributed by atoms with Crippen LogP contribution in [0.15, 0.2) is 36.5 Å². The van der Waals surface area contributed by atoms with Crippen molar-refractivity contribution in [1.29, 1.82) is 0 Å². The normalized spacial score (nSPS) is 22.5. The van der Waals surface area contributed by atoms with E-state index in [1.165, 1.54) is 17.7 Å². The van der Waals surface area contributed by atoms with Gasteiger partial charge in [0.25, 0.3) is 5.91 Å². The van der Waals surface area contributed by atoms with E-state index in [4.69, 9.17) is 15.8 Å². The molecule has 3 N–H and O–H groups in total. The fraction of sp³-hybridized carbons (Fsp3) is 0.500. The Kier molecular flexibility index (Phi) is 6.27. The van der Waals surface area contributed by atoms with Crippen molar-refractivity contribution in [2.45, 2.75) is 63.9 Å². The van der Waals surface area contributed by atoms with E-state index in [0.29, 0.717) is 18.0 Å². The van der Waals surface area contributed by atoms with Gasteiger partial charge in [0.15, 0.2) is 0 Å². The molecule has 10 heteroatoms. The molecular weight excluding hydrogens is 509 g/mol. The van der Waals surface area contributed by atoms with Gasteiger partial charge in [-0.05, 0) is 75.3 Å². The van der Waals surface area contributed by atoms with E-state index in [1.54, 1.807) is 16.8 Å². The maximum Gasteiger partial charge on any atom is 0.255 e. The summed E-state index contributed by atoms with van der Waals surface area (Å²) in [4.78, 5) is 22.1. The van der Waals surface area contributed by atoms with Gasteiger partial charge in [0, 0.05) is 49.4 Å². The number of amides is 1. The summed E-state index contributed by atoms with van der Waals surface area (Å²) >= 11 is 0. The van der Waals surface area contributed by atoms with E-state index in [9.17, 15) is 14.3 Å². The van der Waals surface area contributed by atoms with Gasteiger partial charge in [0.05, 0.1) is 29.4 Å². The number of anilines is 1. The number of halogens is 1. The van der Waals surface area contributed by atoms with E-state index < -0.39 is 6.17 Å². The van der Waals surface area contributed by atoms with Crippen LogP contribution in [0.1, 0.15) is 48.0 Å². The number of fused-ring (bicyclic) bond motifs is 2. The standard InChI is InChI=1S/C30H36FN7O2/c1-18-25-6-4-21(30(40)36-16-22(31)13-23(32)17-36)15-38(25)34-28(18)26-12-20-5-7-27(35-10-8-24(39)9-11-35)33-29(20)37(26)14-19-2-3-19/h4-7,12,15,19,22-24,39H,2-3,8-11,13-14,16-17,32H2,1H3/t22-,23-/m1/s1. The zero-order valence-corrected chi connectivity index (χ0v) is 22.8. The van der Waals surface area contributed by atoms with Gasteiger partial charge in [-0.15, -0.1) is 0 Å². The lowest BCUT2D eigenvalue weighted by Gasteiger charge is -2.32. The average Bonchev–Trinajstić information content (AvgIpc) is 3.62. The molecule has 2 atom stereocenters. The fourth-order valence-electron chi connectivity index (χ4n) is 6.29. The topological polar surface area (TPSA) is 105 Å². The molecule has 4 aromatic rings. The Morgan fingerprint density at radius 2 is 1.93 bits per heavy atom. The first-order valence-electron chi connectivity index (χ1n) is 14.5. The van der Waals surface area contributed by atoms with Crippen LogP contribution in [-0.4, -0.2) is 79.6 Å². The van der Waals surface area contributed by atoms with Crippen LogP contribution in [-0.2, 0) is 6.54 Å². The van der Waals surface area contributed by atoms with Gasteiger partial charge in [-0.25, -0.2) is 13.9 Å². The Labute approximate surface area is 232 Å². The lowest BCUT2D eigenvalue weighted by atomic mass is 10.0. The Balaban J connectivity index is 1.26. The second-order valence-corrected chi connectivity index (χ2v) is 11.9. The molecule has 0 aromatic carbocycles. The van der Waals surface area contributed by atoms with Gasteiger partial charge in [0.1, 0.15) is 23.3 Å². The van der Waals surface area contributed by atoms with E-state index >= 15 is 0 Å². The first-order chi connectivity index (χ1) is 19.3. The largest absolute Gasteiger partial charge is 0.393 e. The molecule has 3 fully saturated rings. The van der Waals surface area contributed by atoms with Gasteiger partial charge < -0.3 is 25.2 Å². The number of aliphatic hydroxyl groups is 1. The highest BCUT2D eigenvalue weighted by molar-refractivity contribution is 5.95. The molecule has 210 valence electrons. The third kappa shape index (κ3) is 4.62. The van der Waals surface area contributed by atoms with Gasteiger partial charge in [0.2, 0.25) is 0 Å². The van der Waals surface area contributed by atoms with Crippen molar-refractivity contribution in [3.05, 3.63) is 47.7 Å². The summed E-state index contributed by atoms with van der Waals surface area (Å²) in [7, 11) is 0. The molecule has 3 aliphatic rings. The van der Waals surface area contributed by atoms with Crippen molar-refractivity contribution in [2.75, 3.05) is 31.1 Å². The van der Waals surface area contributed by atoms with E-state index in [-0.39, 0.29) is 31.0 Å². The lowest BCUT2D eigenvalue weighted by molar-refractivity contribution is 0.0606. The molecule has 1 aliphatic carbocycles. The number of carbonyl (C=O) groups excluding carboxylic acids is 1. The number of likely N-dealkylation sites (tertiary alicyclic amines) is 1.